The lowest BCUT2D eigenvalue weighted by Gasteiger charge is -2.37. The molecule has 4 rings (SSSR count). The predicted molar refractivity (Wildman–Crippen MR) is 122 cm³/mol. The van der Waals surface area contributed by atoms with Crippen molar-refractivity contribution < 1.29 is 24.3 Å². The van der Waals surface area contributed by atoms with E-state index < -0.39 is 11.4 Å². The number of carbonyl (C=O) groups is 2. The van der Waals surface area contributed by atoms with E-state index in [2.05, 4.69) is 10.3 Å². The van der Waals surface area contributed by atoms with Crippen LogP contribution in [0.15, 0.2) is 54.6 Å². The third-order valence-electron chi connectivity index (χ3n) is 5.77. The highest BCUT2D eigenvalue weighted by atomic mass is 16.5. The second-order valence-corrected chi connectivity index (χ2v) is 8.36. The molecule has 0 radical (unpaired) electrons. The molecule has 2 amide bonds. The Bertz CT molecular complexity index is 1140. The van der Waals surface area contributed by atoms with Crippen LogP contribution in [0.5, 0.6) is 5.75 Å². The molecule has 0 unspecified atom stereocenters. The molecule has 1 atom stereocenters. The van der Waals surface area contributed by atoms with Gasteiger partial charge in [-0.2, -0.15) is 0 Å². The number of hydroxylamine groups is 1. The van der Waals surface area contributed by atoms with Gasteiger partial charge in [0.05, 0.1) is 24.1 Å². The number of amides is 2. The smallest absolute Gasteiger partial charge is 0.251 e. The number of aryl methyl sites for hydroxylation is 1. The molecule has 0 aliphatic carbocycles. The number of ether oxygens (including phenoxy) is 2. The Balaban J connectivity index is 1.43. The van der Waals surface area contributed by atoms with Gasteiger partial charge in [-0.05, 0) is 56.2 Å². The molecule has 8 heteroatoms. The number of hydrogen-bond donors (Lipinski definition) is 3. The normalized spacial score (nSPS) is 18.0. The molecule has 0 spiro atoms. The van der Waals surface area contributed by atoms with Crippen molar-refractivity contribution in [2.75, 3.05) is 13.2 Å². The summed E-state index contributed by atoms with van der Waals surface area (Å²) in [6.07, 6.45) is 1.25. The van der Waals surface area contributed by atoms with Crippen LogP contribution < -0.4 is 15.5 Å². The molecular formula is C25H27N3O5. The summed E-state index contributed by atoms with van der Waals surface area (Å²) in [6, 6.07) is 16.8. The molecule has 1 aliphatic heterocycles. The summed E-state index contributed by atoms with van der Waals surface area (Å²) in [4.78, 5) is 29.2. The van der Waals surface area contributed by atoms with Crippen LogP contribution in [0.1, 0.15) is 40.9 Å². The Labute approximate surface area is 191 Å². The Morgan fingerprint density at radius 3 is 2.70 bits per heavy atom. The summed E-state index contributed by atoms with van der Waals surface area (Å²) >= 11 is 0. The lowest BCUT2D eigenvalue weighted by atomic mass is 9.88. The SMILES string of the molecule is Cc1cc(COc2ccc(C(=O)N[C@]3(CC(=O)NO)CCCOC3)cc2)c2ccccc2n1. The average molecular weight is 450 g/mol. The third kappa shape index (κ3) is 5.47. The van der Waals surface area contributed by atoms with Gasteiger partial charge in [-0.1, -0.05) is 18.2 Å². The van der Waals surface area contributed by atoms with E-state index in [0.29, 0.717) is 30.9 Å². The topological polar surface area (TPSA) is 110 Å². The molecule has 2 heterocycles. The number of hydrogen-bond acceptors (Lipinski definition) is 6. The second kappa shape index (κ2) is 9.97. The predicted octanol–water partition coefficient (Wildman–Crippen LogP) is 3.30. The lowest BCUT2D eigenvalue weighted by Crippen LogP contribution is -2.56. The number of rotatable bonds is 7. The van der Waals surface area contributed by atoms with Gasteiger partial charge in [0, 0.05) is 28.8 Å². The number of benzene rings is 2. The first kappa shape index (κ1) is 22.7. The van der Waals surface area contributed by atoms with Crippen LogP contribution in [0.2, 0.25) is 0 Å². The Hall–Kier alpha value is -3.49. The van der Waals surface area contributed by atoms with Gasteiger partial charge in [-0.25, -0.2) is 5.48 Å². The van der Waals surface area contributed by atoms with Gasteiger partial charge in [0.25, 0.3) is 5.91 Å². The minimum absolute atomic E-state index is 0.0598. The van der Waals surface area contributed by atoms with Crippen LogP contribution >= 0.6 is 0 Å². The molecule has 0 bridgehead atoms. The van der Waals surface area contributed by atoms with Gasteiger partial charge in [0.1, 0.15) is 12.4 Å². The van der Waals surface area contributed by atoms with E-state index in [9.17, 15) is 9.59 Å². The second-order valence-electron chi connectivity index (χ2n) is 8.36. The number of nitrogens with one attached hydrogen (secondary N) is 2. The number of fused-ring (bicyclic) bond motifs is 1. The van der Waals surface area contributed by atoms with E-state index in [1.807, 2.05) is 37.3 Å². The maximum absolute atomic E-state index is 12.9. The molecule has 1 aromatic heterocycles. The highest BCUT2D eigenvalue weighted by molar-refractivity contribution is 5.95. The fourth-order valence-corrected chi connectivity index (χ4v) is 4.17. The average Bonchev–Trinajstić information content (AvgIpc) is 2.83. The van der Waals surface area contributed by atoms with Gasteiger partial charge in [0.15, 0.2) is 0 Å². The van der Waals surface area contributed by atoms with Gasteiger partial charge in [-0.3, -0.25) is 19.8 Å². The minimum atomic E-state index is -0.850. The number of aromatic nitrogens is 1. The number of carbonyl (C=O) groups excluding carboxylic acids is 2. The van der Waals surface area contributed by atoms with Gasteiger partial charge >= 0.3 is 0 Å². The van der Waals surface area contributed by atoms with Gasteiger partial charge in [-0.15, -0.1) is 0 Å². The van der Waals surface area contributed by atoms with Crippen LogP contribution in [0.3, 0.4) is 0 Å². The van der Waals surface area contributed by atoms with Crippen molar-refractivity contribution in [3.63, 3.8) is 0 Å². The van der Waals surface area contributed by atoms with Crippen LogP contribution in [-0.4, -0.2) is 40.8 Å². The summed E-state index contributed by atoms with van der Waals surface area (Å²) in [7, 11) is 0. The summed E-state index contributed by atoms with van der Waals surface area (Å²) in [5.74, 6) is -0.238. The third-order valence-corrected chi connectivity index (χ3v) is 5.77. The van der Waals surface area contributed by atoms with E-state index in [0.717, 1.165) is 28.6 Å². The maximum atomic E-state index is 12.9. The highest BCUT2D eigenvalue weighted by Gasteiger charge is 2.37. The molecule has 0 saturated carbocycles. The van der Waals surface area contributed by atoms with Crippen molar-refractivity contribution in [3.05, 3.63) is 71.4 Å². The molecule has 172 valence electrons. The molecule has 2 aromatic carbocycles. The molecule has 1 aliphatic rings. The first-order valence-electron chi connectivity index (χ1n) is 10.9. The van der Waals surface area contributed by atoms with Crippen molar-refractivity contribution in [2.24, 2.45) is 0 Å². The minimum Gasteiger partial charge on any atom is -0.489 e. The maximum Gasteiger partial charge on any atom is 0.251 e. The van der Waals surface area contributed by atoms with Gasteiger partial charge < -0.3 is 14.8 Å². The quantitative estimate of drug-likeness (QED) is 0.377. The van der Waals surface area contributed by atoms with Crippen molar-refractivity contribution in [1.82, 2.24) is 15.8 Å². The van der Waals surface area contributed by atoms with Crippen LogP contribution in [0, 0.1) is 6.92 Å². The van der Waals surface area contributed by atoms with Crippen molar-refractivity contribution in [2.45, 2.75) is 38.3 Å². The van der Waals surface area contributed by atoms with Crippen molar-refractivity contribution in [3.8, 4) is 5.75 Å². The van der Waals surface area contributed by atoms with Crippen molar-refractivity contribution in [1.29, 1.82) is 0 Å². The first-order chi connectivity index (χ1) is 16.0. The summed E-state index contributed by atoms with van der Waals surface area (Å²) in [6.45, 7) is 3.13. The molecule has 3 N–H and O–H groups in total. The summed E-state index contributed by atoms with van der Waals surface area (Å²) in [5, 5.41) is 12.9. The van der Waals surface area contributed by atoms with Crippen molar-refractivity contribution >= 4 is 22.7 Å². The molecule has 1 fully saturated rings. The van der Waals surface area contributed by atoms with Crippen LogP contribution in [0.4, 0.5) is 0 Å². The zero-order valence-corrected chi connectivity index (χ0v) is 18.5. The van der Waals surface area contributed by atoms with E-state index in [-0.39, 0.29) is 18.9 Å². The van der Waals surface area contributed by atoms with Crippen LogP contribution in [0.25, 0.3) is 10.9 Å². The largest absolute Gasteiger partial charge is 0.489 e. The molecule has 1 saturated heterocycles. The molecule has 33 heavy (non-hydrogen) atoms. The summed E-state index contributed by atoms with van der Waals surface area (Å²) < 4.78 is 11.5. The van der Waals surface area contributed by atoms with E-state index >= 15 is 0 Å². The van der Waals surface area contributed by atoms with E-state index in [1.54, 1.807) is 29.7 Å². The number of pyridine rings is 1. The fourth-order valence-electron chi connectivity index (χ4n) is 4.17. The summed E-state index contributed by atoms with van der Waals surface area (Å²) in [5.41, 5.74) is 4.13. The zero-order chi connectivity index (χ0) is 23.3. The Kier molecular flexibility index (Phi) is 6.86. The van der Waals surface area contributed by atoms with E-state index in [1.165, 1.54) is 0 Å². The molecule has 3 aromatic rings. The van der Waals surface area contributed by atoms with Crippen LogP contribution in [-0.2, 0) is 16.1 Å². The Morgan fingerprint density at radius 1 is 1.18 bits per heavy atom. The Morgan fingerprint density at radius 2 is 1.97 bits per heavy atom. The number of nitrogens with zero attached hydrogens (tertiary/aromatic N) is 1. The van der Waals surface area contributed by atoms with Gasteiger partial charge in [0.2, 0.25) is 5.91 Å². The number of para-hydroxylation sites is 1. The zero-order valence-electron chi connectivity index (χ0n) is 18.5. The standard InChI is InChI=1S/C25H27N3O5/c1-17-13-19(21-5-2-3-6-22(21)26-17)15-33-20-9-7-18(8-10-20)24(30)27-25(14-23(29)28-31)11-4-12-32-16-25/h2-3,5-10,13,31H,4,11-12,14-16H2,1H3,(H,27,30)(H,28,29)/t25-/m0/s1. The monoisotopic (exact) mass is 449 g/mol. The highest BCUT2D eigenvalue weighted by Crippen LogP contribution is 2.25. The van der Waals surface area contributed by atoms with E-state index in [4.69, 9.17) is 14.7 Å². The molecule has 8 nitrogen and oxygen atoms in total. The first-order valence-corrected chi connectivity index (χ1v) is 10.9. The molecular weight excluding hydrogens is 422 g/mol. The lowest BCUT2D eigenvalue weighted by molar-refractivity contribution is -0.132. The fraction of sp³-hybridized carbons (Fsp3) is 0.320.